The fraction of sp³-hybridized carbons (Fsp3) is 0.487. The molecule has 4 rings (SSSR count). The fourth-order valence-electron chi connectivity index (χ4n) is 5.98. The van der Waals surface area contributed by atoms with Crippen LogP contribution in [0.2, 0.25) is 0 Å². The Bertz CT molecular complexity index is 1640. The summed E-state index contributed by atoms with van der Waals surface area (Å²) in [5, 5.41) is 14.2. The number of hydrogen-bond acceptors (Lipinski definition) is 8. The second-order valence-electron chi connectivity index (χ2n) is 12.8. The van der Waals surface area contributed by atoms with E-state index in [4.69, 9.17) is 9.47 Å². The van der Waals surface area contributed by atoms with Gasteiger partial charge in [0.2, 0.25) is 0 Å². The van der Waals surface area contributed by atoms with Crippen LogP contribution in [0.4, 0.5) is 11.4 Å². The first kappa shape index (κ1) is 38.7. The largest absolute Gasteiger partial charge is 0.497 e. The predicted octanol–water partition coefficient (Wildman–Crippen LogP) is 10.9. The van der Waals surface area contributed by atoms with Crippen molar-refractivity contribution in [3.05, 3.63) is 72.8 Å². The normalized spacial score (nSPS) is 14.8. The maximum absolute atomic E-state index is 13.8. The van der Waals surface area contributed by atoms with Gasteiger partial charge >= 0.3 is 0 Å². The molecule has 1 aliphatic rings. The van der Waals surface area contributed by atoms with E-state index < -0.39 is 27.0 Å². The van der Waals surface area contributed by atoms with Gasteiger partial charge in [-0.15, -0.1) is 0 Å². The monoisotopic (exact) mass is 704 g/mol. The van der Waals surface area contributed by atoms with Crippen LogP contribution in [0.5, 0.6) is 17.2 Å². The van der Waals surface area contributed by atoms with Gasteiger partial charge in [0.1, 0.15) is 22.1 Å². The van der Waals surface area contributed by atoms with E-state index in [2.05, 4.69) is 22.3 Å². The third-order valence-electron chi connectivity index (χ3n) is 8.80. The van der Waals surface area contributed by atoms with Crippen LogP contribution in [0, 0.1) is 0 Å². The van der Waals surface area contributed by atoms with E-state index in [1.54, 1.807) is 55.6 Å². The third-order valence-corrected chi connectivity index (χ3v) is 9.68. The molecule has 0 spiro atoms. The fourth-order valence-corrected chi connectivity index (χ4v) is 6.66. The minimum absolute atomic E-state index is 0.0888. The van der Waals surface area contributed by atoms with Crippen LogP contribution in [0.1, 0.15) is 110 Å². The highest BCUT2D eigenvalue weighted by Gasteiger charge is 2.39. The molecule has 10 nitrogen and oxygen atoms in total. The number of unbranched alkanes of at least 4 members (excludes halogenated alkanes) is 14. The summed E-state index contributed by atoms with van der Waals surface area (Å²) in [6, 6.07) is 18.9. The molecule has 0 radical (unpaired) electrons. The molecule has 0 fully saturated rings. The topological polar surface area (TPSA) is 130 Å². The van der Waals surface area contributed by atoms with E-state index in [0.29, 0.717) is 29.3 Å². The maximum atomic E-state index is 13.8. The number of para-hydroxylation sites is 1. The van der Waals surface area contributed by atoms with E-state index in [-0.39, 0.29) is 11.4 Å². The molecule has 50 heavy (non-hydrogen) atoms. The van der Waals surface area contributed by atoms with Gasteiger partial charge in [-0.3, -0.25) is 9.35 Å². The van der Waals surface area contributed by atoms with Crippen LogP contribution >= 0.6 is 0 Å². The second-order valence-corrected chi connectivity index (χ2v) is 14.2. The zero-order valence-electron chi connectivity index (χ0n) is 29.5. The quantitative estimate of drug-likeness (QED) is 0.0594. The predicted molar refractivity (Wildman–Crippen MR) is 199 cm³/mol. The molecule has 1 aliphatic heterocycles. The number of carbonyl (C=O) groups is 1. The van der Waals surface area contributed by atoms with E-state index >= 15 is 0 Å². The Morgan fingerprint density at radius 1 is 0.740 bits per heavy atom. The molecular formula is C39H52N4O6S. The molecule has 0 saturated carbocycles. The number of azo groups is 1. The van der Waals surface area contributed by atoms with Crippen LogP contribution in [0.15, 0.2) is 93.0 Å². The number of anilines is 1. The van der Waals surface area contributed by atoms with Crippen LogP contribution in [0.25, 0.3) is 0 Å². The number of benzene rings is 3. The Morgan fingerprint density at radius 2 is 1.30 bits per heavy atom. The number of amides is 1. The van der Waals surface area contributed by atoms with Crippen molar-refractivity contribution in [3.63, 3.8) is 0 Å². The van der Waals surface area contributed by atoms with Gasteiger partial charge in [0.05, 0.1) is 24.2 Å². The molecule has 3 aromatic rings. The van der Waals surface area contributed by atoms with Gasteiger partial charge in [0.15, 0.2) is 6.04 Å². The van der Waals surface area contributed by atoms with Crippen molar-refractivity contribution in [2.24, 2.45) is 15.3 Å². The van der Waals surface area contributed by atoms with E-state index in [1.807, 2.05) is 6.07 Å². The van der Waals surface area contributed by atoms with E-state index in [9.17, 15) is 17.8 Å². The van der Waals surface area contributed by atoms with Gasteiger partial charge in [0.25, 0.3) is 16.0 Å². The maximum Gasteiger partial charge on any atom is 0.296 e. The van der Waals surface area contributed by atoms with Gasteiger partial charge < -0.3 is 9.47 Å². The summed E-state index contributed by atoms with van der Waals surface area (Å²) in [6.45, 7) is 2.26. The number of ether oxygens (including phenoxy) is 2. The average molecular weight is 705 g/mol. The summed E-state index contributed by atoms with van der Waals surface area (Å²) in [7, 11) is -3.18. The van der Waals surface area contributed by atoms with Gasteiger partial charge in [-0.25, -0.2) is 0 Å². The summed E-state index contributed by atoms with van der Waals surface area (Å²) in [5.74, 6) is 0.776. The first-order valence-corrected chi connectivity index (χ1v) is 19.5. The van der Waals surface area contributed by atoms with Crippen LogP contribution in [0.3, 0.4) is 0 Å². The van der Waals surface area contributed by atoms with Crippen molar-refractivity contribution in [2.45, 2.75) is 121 Å². The summed E-state index contributed by atoms with van der Waals surface area (Å²) in [6.07, 6.45) is 19.2. The summed E-state index contributed by atoms with van der Waals surface area (Å²) in [5.41, 5.74) is 0.936. The Morgan fingerprint density at radius 3 is 1.86 bits per heavy atom. The first-order valence-electron chi connectivity index (χ1n) is 18.1. The lowest BCUT2D eigenvalue weighted by Crippen LogP contribution is -2.31. The number of rotatable bonds is 23. The molecule has 3 aromatic carbocycles. The highest BCUT2D eigenvalue weighted by molar-refractivity contribution is 7.86. The lowest BCUT2D eigenvalue weighted by molar-refractivity contribution is -0.117. The van der Waals surface area contributed by atoms with Gasteiger partial charge in [-0.2, -0.15) is 28.8 Å². The molecule has 1 amide bonds. The summed E-state index contributed by atoms with van der Waals surface area (Å²) >= 11 is 0. The number of hydrazone groups is 1. The van der Waals surface area contributed by atoms with Crippen molar-refractivity contribution in [3.8, 4) is 17.2 Å². The van der Waals surface area contributed by atoms with Gasteiger partial charge in [-0.05, 0) is 61.4 Å². The van der Waals surface area contributed by atoms with Crippen molar-refractivity contribution in [2.75, 3.05) is 12.1 Å². The standard InChI is InChI=1S/C39H52N4O6S/c1-3-4-5-6-7-8-9-10-11-12-13-14-15-16-20-23-35-38(41-40-31-24-26-32(48-2)27-25-31)39(44)43(42-35)36-29-28-34(30-37(36)50(45,46)47)49-33-21-18-17-19-22-33/h17-19,21-22,24-30,38H,3-16,20,23H2,1-2H3,(H,45,46,47)/t38-/m0/s1. The zero-order chi connectivity index (χ0) is 35.6. The molecule has 0 aromatic heterocycles. The lowest BCUT2D eigenvalue weighted by atomic mass is 10.0. The SMILES string of the molecule is CCCCCCCCCCCCCCCCCC1=NN(c2ccc(Oc3ccccc3)cc2S(=O)(=O)O)C(=O)[C@H]1N=Nc1ccc(OC)cc1. The number of nitrogens with zero attached hydrogens (tertiary/aromatic N) is 4. The zero-order valence-corrected chi connectivity index (χ0v) is 30.3. The molecule has 0 saturated heterocycles. The molecular weight excluding hydrogens is 653 g/mol. The van der Waals surface area contributed by atoms with Crippen molar-refractivity contribution in [1.29, 1.82) is 0 Å². The molecule has 0 aliphatic carbocycles. The second kappa shape index (κ2) is 20.6. The van der Waals surface area contributed by atoms with Crippen LogP contribution in [-0.2, 0) is 14.9 Å². The van der Waals surface area contributed by atoms with Crippen molar-refractivity contribution in [1.82, 2.24) is 0 Å². The Balaban J connectivity index is 1.37. The smallest absolute Gasteiger partial charge is 0.296 e. The number of hydrogen-bond donors (Lipinski definition) is 1. The molecule has 1 N–H and O–H groups in total. The van der Waals surface area contributed by atoms with Crippen LogP contribution < -0.4 is 14.5 Å². The van der Waals surface area contributed by atoms with Crippen LogP contribution in [-0.4, -0.2) is 37.7 Å². The lowest BCUT2D eigenvalue weighted by Gasteiger charge is -2.17. The minimum atomic E-state index is -4.76. The molecule has 11 heteroatoms. The highest BCUT2D eigenvalue weighted by atomic mass is 32.2. The molecule has 1 heterocycles. The Hall–Kier alpha value is -4.09. The van der Waals surface area contributed by atoms with E-state index in [1.165, 1.54) is 95.2 Å². The average Bonchev–Trinajstić information content (AvgIpc) is 3.43. The molecule has 1 atom stereocenters. The number of carbonyl (C=O) groups excluding carboxylic acids is 1. The molecule has 0 unspecified atom stereocenters. The Kier molecular flexibility index (Phi) is 15.9. The van der Waals surface area contributed by atoms with Crippen molar-refractivity contribution < 1.29 is 27.2 Å². The first-order chi connectivity index (χ1) is 24.3. The van der Waals surface area contributed by atoms with E-state index in [0.717, 1.165) is 24.3 Å². The van der Waals surface area contributed by atoms with Gasteiger partial charge in [0, 0.05) is 6.07 Å². The third kappa shape index (κ3) is 12.4. The van der Waals surface area contributed by atoms with Crippen molar-refractivity contribution >= 4 is 33.1 Å². The highest BCUT2D eigenvalue weighted by Crippen LogP contribution is 2.35. The van der Waals surface area contributed by atoms with Gasteiger partial charge in [-0.1, -0.05) is 115 Å². The molecule has 0 bridgehead atoms. The summed E-state index contributed by atoms with van der Waals surface area (Å²) < 4.78 is 46.2. The number of methoxy groups -OCH3 is 1. The minimum Gasteiger partial charge on any atom is -0.497 e. The Labute approximate surface area is 297 Å². The summed E-state index contributed by atoms with van der Waals surface area (Å²) in [4.78, 5) is 13.3. The molecule has 270 valence electrons.